The van der Waals surface area contributed by atoms with Crippen molar-refractivity contribution in [2.45, 2.75) is 29.2 Å². The van der Waals surface area contributed by atoms with E-state index in [1.165, 1.54) is 0 Å². The van der Waals surface area contributed by atoms with E-state index in [1.807, 2.05) is 55.6 Å². The Labute approximate surface area is 130 Å². The van der Waals surface area contributed by atoms with Crippen LogP contribution in [0.3, 0.4) is 0 Å². The molecule has 1 unspecified atom stereocenters. The van der Waals surface area contributed by atoms with Crippen LogP contribution in [-0.2, 0) is 10.0 Å². The van der Waals surface area contributed by atoms with Crippen molar-refractivity contribution in [2.24, 2.45) is 0 Å². The van der Waals surface area contributed by atoms with E-state index in [9.17, 15) is 8.42 Å². The van der Waals surface area contributed by atoms with Crippen LogP contribution in [0, 0.1) is 0 Å². The molecule has 0 aromatic heterocycles. The zero-order chi connectivity index (χ0) is 15.3. The quantitative estimate of drug-likeness (QED) is 0.822. The lowest BCUT2D eigenvalue weighted by Crippen LogP contribution is -2.28. The van der Waals surface area contributed by atoms with Gasteiger partial charge in [-0.2, -0.15) is 0 Å². The molecule has 21 heavy (non-hydrogen) atoms. The highest BCUT2D eigenvalue weighted by atomic mass is 32.2. The maximum absolute atomic E-state index is 12.5. The summed E-state index contributed by atoms with van der Waals surface area (Å²) in [5, 5.41) is 0. The standard InChI is InChI=1S/C16H19NO2S2/c1-3-16(13-7-5-4-6-8-13)17-21(18,19)15-11-9-14(20-2)10-12-15/h4-12,16-17H,3H2,1-2H3. The van der Waals surface area contributed by atoms with Gasteiger partial charge in [0, 0.05) is 10.9 Å². The summed E-state index contributed by atoms with van der Waals surface area (Å²) in [6.45, 7) is 1.97. The van der Waals surface area contributed by atoms with Gasteiger partial charge in [-0.15, -0.1) is 11.8 Å². The van der Waals surface area contributed by atoms with E-state index in [0.29, 0.717) is 11.3 Å². The lowest BCUT2D eigenvalue weighted by Gasteiger charge is -2.17. The molecule has 5 heteroatoms. The largest absolute Gasteiger partial charge is 0.241 e. The van der Waals surface area contributed by atoms with Crippen LogP contribution in [0.1, 0.15) is 24.9 Å². The first-order chi connectivity index (χ1) is 10.1. The highest BCUT2D eigenvalue weighted by molar-refractivity contribution is 7.98. The highest BCUT2D eigenvalue weighted by Gasteiger charge is 2.19. The molecule has 2 rings (SSSR count). The summed E-state index contributed by atoms with van der Waals surface area (Å²) < 4.78 is 27.7. The first-order valence-electron chi connectivity index (χ1n) is 6.78. The summed E-state index contributed by atoms with van der Waals surface area (Å²) in [5.74, 6) is 0. The Bertz CT molecular complexity index is 667. The van der Waals surface area contributed by atoms with Crippen LogP contribution in [0.15, 0.2) is 64.4 Å². The molecule has 0 aliphatic carbocycles. The summed E-state index contributed by atoms with van der Waals surface area (Å²) in [4.78, 5) is 1.35. The molecule has 0 spiro atoms. The van der Waals surface area contributed by atoms with E-state index in [1.54, 1.807) is 23.9 Å². The summed E-state index contributed by atoms with van der Waals surface area (Å²) in [6, 6.07) is 16.4. The normalized spacial score (nSPS) is 13.0. The van der Waals surface area contributed by atoms with Gasteiger partial charge in [0.05, 0.1) is 4.90 Å². The minimum absolute atomic E-state index is 0.212. The third-order valence-corrected chi connectivity index (χ3v) is 5.51. The van der Waals surface area contributed by atoms with Crippen molar-refractivity contribution in [3.8, 4) is 0 Å². The molecular formula is C16H19NO2S2. The Balaban J connectivity index is 2.22. The van der Waals surface area contributed by atoms with Crippen molar-refractivity contribution < 1.29 is 8.42 Å². The van der Waals surface area contributed by atoms with Gasteiger partial charge in [-0.3, -0.25) is 0 Å². The minimum Gasteiger partial charge on any atom is -0.207 e. The van der Waals surface area contributed by atoms with E-state index >= 15 is 0 Å². The molecular weight excluding hydrogens is 302 g/mol. The van der Waals surface area contributed by atoms with E-state index in [4.69, 9.17) is 0 Å². The molecule has 0 radical (unpaired) electrons. The molecule has 112 valence electrons. The van der Waals surface area contributed by atoms with Gasteiger partial charge < -0.3 is 0 Å². The fourth-order valence-electron chi connectivity index (χ4n) is 2.08. The first kappa shape index (κ1) is 16.1. The van der Waals surface area contributed by atoms with E-state index < -0.39 is 10.0 Å². The average Bonchev–Trinajstić information content (AvgIpc) is 2.53. The van der Waals surface area contributed by atoms with Crippen molar-refractivity contribution in [2.75, 3.05) is 6.26 Å². The molecule has 2 aromatic carbocycles. The fraction of sp³-hybridized carbons (Fsp3) is 0.250. The monoisotopic (exact) mass is 321 g/mol. The zero-order valence-electron chi connectivity index (χ0n) is 12.1. The third kappa shape index (κ3) is 4.09. The highest BCUT2D eigenvalue weighted by Crippen LogP contribution is 2.22. The van der Waals surface area contributed by atoms with Crippen LogP contribution in [0.5, 0.6) is 0 Å². The predicted octanol–water partition coefficient (Wildman–Crippen LogP) is 3.84. The second-order valence-corrected chi connectivity index (χ2v) is 7.26. The van der Waals surface area contributed by atoms with Crippen LogP contribution in [0.4, 0.5) is 0 Å². The maximum atomic E-state index is 12.5. The Morgan fingerprint density at radius 2 is 1.67 bits per heavy atom. The van der Waals surface area contributed by atoms with Gasteiger partial charge in [-0.1, -0.05) is 37.3 Å². The Hall–Kier alpha value is -1.30. The molecule has 0 amide bonds. The predicted molar refractivity (Wildman–Crippen MR) is 88.0 cm³/mol. The van der Waals surface area contributed by atoms with Crippen LogP contribution in [0.25, 0.3) is 0 Å². The minimum atomic E-state index is -3.50. The molecule has 1 atom stereocenters. The molecule has 0 saturated carbocycles. The van der Waals surface area contributed by atoms with Crippen molar-refractivity contribution in [1.82, 2.24) is 4.72 Å². The maximum Gasteiger partial charge on any atom is 0.241 e. The summed E-state index contributed by atoms with van der Waals surface area (Å²) in [5.41, 5.74) is 0.976. The third-order valence-electron chi connectivity index (χ3n) is 3.28. The van der Waals surface area contributed by atoms with Crippen molar-refractivity contribution >= 4 is 21.8 Å². The number of sulfonamides is 1. The number of nitrogens with one attached hydrogen (secondary N) is 1. The smallest absolute Gasteiger partial charge is 0.207 e. The second kappa shape index (κ2) is 7.11. The van der Waals surface area contributed by atoms with Gasteiger partial charge in [0.15, 0.2) is 0 Å². The van der Waals surface area contributed by atoms with Crippen LogP contribution in [0.2, 0.25) is 0 Å². The van der Waals surface area contributed by atoms with Crippen LogP contribution < -0.4 is 4.72 Å². The first-order valence-corrected chi connectivity index (χ1v) is 9.49. The molecule has 1 N–H and O–H groups in total. The van der Waals surface area contributed by atoms with Gasteiger partial charge in [-0.05, 0) is 42.5 Å². The number of benzene rings is 2. The number of hydrogen-bond acceptors (Lipinski definition) is 3. The summed E-state index contributed by atoms with van der Waals surface area (Å²) >= 11 is 1.59. The Morgan fingerprint density at radius 3 is 2.19 bits per heavy atom. The Morgan fingerprint density at radius 1 is 1.05 bits per heavy atom. The number of rotatable bonds is 6. The van der Waals surface area contributed by atoms with Crippen molar-refractivity contribution in [3.05, 3.63) is 60.2 Å². The van der Waals surface area contributed by atoms with E-state index in [0.717, 1.165) is 10.5 Å². The summed E-state index contributed by atoms with van der Waals surface area (Å²) in [7, 11) is -3.50. The van der Waals surface area contributed by atoms with Crippen molar-refractivity contribution in [1.29, 1.82) is 0 Å². The molecule has 0 saturated heterocycles. The summed E-state index contributed by atoms with van der Waals surface area (Å²) in [6.07, 6.45) is 2.66. The van der Waals surface area contributed by atoms with Gasteiger partial charge in [-0.25, -0.2) is 13.1 Å². The second-order valence-electron chi connectivity index (χ2n) is 4.67. The van der Waals surface area contributed by atoms with Crippen LogP contribution in [-0.4, -0.2) is 14.7 Å². The average molecular weight is 321 g/mol. The molecule has 0 fully saturated rings. The zero-order valence-corrected chi connectivity index (χ0v) is 13.7. The van der Waals surface area contributed by atoms with Gasteiger partial charge in [0.2, 0.25) is 10.0 Å². The molecule has 0 aliphatic rings. The molecule has 0 aliphatic heterocycles. The van der Waals surface area contributed by atoms with Gasteiger partial charge in [0.25, 0.3) is 0 Å². The van der Waals surface area contributed by atoms with E-state index in [2.05, 4.69) is 4.72 Å². The number of hydrogen-bond donors (Lipinski definition) is 1. The Kier molecular flexibility index (Phi) is 5.45. The lowest BCUT2D eigenvalue weighted by molar-refractivity contribution is 0.550. The SMILES string of the molecule is CCC(NS(=O)(=O)c1ccc(SC)cc1)c1ccccc1. The van der Waals surface area contributed by atoms with Crippen molar-refractivity contribution in [3.63, 3.8) is 0 Å². The molecule has 0 heterocycles. The van der Waals surface area contributed by atoms with Crippen LogP contribution >= 0.6 is 11.8 Å². The van der Waals surface area contributed by atoms with Gasteiger partial charge in [0.1, 0.15) is 0 Å². The van der Waals surface area contributed by atoms with E-state index in [-0.39, 0.29) is 6.04 Å². The molecule has 2 aromatic rings. The fourth-order valence-corrected chi connectivity index (χ4v) is 3.80. The lowest BCUT2D eigenvalue weighted by atomic mass is 10.1. The van der Waals surface area contributed by atoms with Gasteiger partial charge >= 0.3 is 0 Å². The molecule has 3 nitrogen and oxygen atoms in total. The molecule has 0 bridgehead atoms. The number of thioether (sulfide) groups is 1. The topological polar surface area (TPSA) is 46.2 Å².